The van der Waals surface area contributed by atoms with E-state index >= 15 is 0 Å². The fourth-order valence-electron chi connectivity index (χ4n) is 7.64. The Balaban J connectivity index is 0.877. The molecule has 2 aromatic carbocycles. The van der Waals surface area contributed by atoms with Crippen LogP contribution in [0.5, 0.6) is 5.75 Å². The van der Waals surface area contributed by atoms with E-state index in [0.717, 1.165) is 36.9 Å². The Hall–Kier alpha value is -4.57. The number of oxazole rings is 1. The standard InChI is InChI=1S/C41H46N4O8S2/c1-25(42-24-33(47)29-13-16-32(46)38-30(29)14-17-37(48)43-38)22-26-8-15-31-34(23-26)53-40(50)45(31)19-5-18-44(2)27-9-11-28(12-10-27)52-39(49)41(51,35-6-3-20-54-35)36-7-4-21-55-36/h3-4,6-8,13-17,20-21,23,25,27-28,33,42,46-47,51H,5,9-12,18-19,22,24H2,1-2H3,(H,43,48)/t25?,27-,28-,33-/m0/s1. The van der Waals surface area contributed by atoms with E-state index in [1.165, 1.54) is 34.8 Å². The predicted octanol–water partition coefficient (Wildman–Crippen LogP) is 5.63. The lowest BCUT2D eigenvalue weighted by Crippen LogP contribution is -2.42. The first-order valence-corrected chi connectivity index (χ1v) is 20.4. The van der Waals surface area contributed by atoms with E-state index in [1.807, 2.05) is 48.0 Å². The van der Waals surface area contributed by atoms with Gasteiger partial charge in [0.2, 0.25) is 11.2 Å². The maximum atomic E-state index is 13.4. The Morgan fingerprint density at radius 2 is 1.78 bits per heavy atom. The summed E-state index contributed by atoms with van der Waals surface area (Å²) in [6, 6.07) is 19.4. The van der Waals surface area contributed by atoms with Crippen molar-refractivity contribution in [2.24, 2.45) is 0 Å². The average molecular weight is 787 g/mol. The van der Waals surface area contributed by atoms with E-state index in [4.69, 9.17) is 9.15 Å². The summed E-state index contributed by atoms with van der Waals surface area (Å²) >= 11 is 2.67. The molecule has 290 valence electrons. The molecule has 2 atom stereocenters. The van der Waals surface area contributed by atoms with Gasteiger partial charge in [0.05, 0.1) is 26.9 Å². The monoisotopic (exact) mass is 786 g/mol. The van der Waals surface area contributed by atoms with E-state index in [9.17, 15) is 29.7 Å². The van der Waals surface area contributed by atoms with Crippen molar-refractivity contribution in [1.82, 2.24) is 19.8 Å². The third kappa shape index (κ3) is 8.35. The van der Waals surface area contributed by atoms with Crippen molar-refractivity contribution in [3.8, 4) is 5.75 Å². The number of aromatic hydroxyl groups is 1. The molecule has 12 nitrogen and oxygen atoms in total. The number of thiophene rings is 2. The Morgan fingerprint density at radius 1 is 1.05 bits per heavy atom. The number of aromatic amines is 1. The molecular formula is C41H46N4O8S2. The van der Waals surface area contributed by atoms with Crippen molar-refractivity contribution in [1.29, 1.82) is 0 Å². The van der Waals surface area contributed by atoms with Gasteiger partial charge in [-0.25, -0.2) is 9.59 Å². The van der Waals surface area contributed by atoms with Gasteiger partial charge in [0.1, 0.15) is 11.9 Å². The molecule has 0 bridgehead atoms. The third-order valence-corrected chi connectivity index (χ3v) is 12.6. The molecule has 0 saturated heterocycles. The number of aromatic nitrogens is 2. The lowest BCUT2D eigenvalue weighted by molar-refractivity contribution is -0.169. The number of pyridine rings is 1. The minimum Gasteiger partial charge on any atom is -0.506 e. The summed E-state index contributed by atoms with van der Waals surface area (Å²) in [5, 5.41) is 40.3. The second-order valence-corrected chi connectivity index (χ2v) is 16.4. The number of benzene rings is 2. The van der Waals surface area contributed by atoms with E-state index in [0.29, 0.717) is 63.7 Å². The zero-order valence-corrected chi connectivity index (χ0v) is 32.4. The number of carbonyl (C=O) groups excluding carboxylic acids is 1. The van der Waals surface area contributed by atoms with Crippen LogP contribution < -0.4 is 16.6 Å². The van der Waals surface area contributed by atoms with Crippen LogP contribution in [0.1, 0.15) is 66.0 Å². The van der Waals surface area contributed by atoms with Crippen molar-refractivity contribution < 1.29 is 29.3 Å². The number of phenolic OH excluding ortho intramolecular Hbond substituents is 1. The zero-order valence-electron chi connectivity index (χ0n) is 30.8. The second-order valence-electron chi connectivity index (χ2n) is 14.5. The number of ether oxygens (including phenoxy) is 1. The molecule has 0 spiro atoms. The normalized spacial score (nSPS) is 17.5. The summed E-state index contributed by atoms with van der Waals surface area (Å²) < 4.78 is 13.3. The Labute approximate surface area is 325 Å². The Kier molecular flexibility index (Phi) is 11.7. The van der Waals surface area contributed by atoms with Crippen LogP contribution in [0.4, 0.5) is 0 Å². The van der Waals surface area contributed by atoms with Crippen molar-refractivity contribution in [3.63, 3.8) is 0 Å². The topological polar surface area (TPSA) is 170 Å². The first-order chi connectivity index (χ1) is 26.5. The highest BCUT2D eigenvalue weighted by Gasteiger charge is 2.45. The minimum absolute atomic E-state index is 0.0116. The van der Waals surface area contributed by atoms with Crippen LogP contribution in [0.25, 0.3) is 22.0 Å². The lowest BCUT2D eigenvalue weighted by Gasteiger charge is -2.35. The third-order valence-electron chi connectivity index (χ3n) is 10.7. The molecule has 1 aliphatic rings. The Morgan fingerprint density at radius 3 is 2.47 bits per heavy atom. The smallest absolute Gasteiger partial charge is 0.419 e. The molecule has 0 radical (unpaired) electrons. The minimum atomic E-state index is -1.80. The van der Waals surface area contributed by atoms with Crippen LogP contribution in [-0.2, 0) is 28.1 Å². The number of hydrogen-bond acceptors (Lipinski definition) is 12. The SMILES string of the molecule is CC(Cc1ccc2c(c1)oc(=O)n2CCCN(C)[C@H]1CC[C@H](OC(=O)C(O)(c2cccs2)c2cccs2)CC1)NC[C@H](O)c1ccc(O)c2[nH]c(=O)ccc12. The number of hydrogen-bond donors (Lipinski definition) is 5. The van der Waals surface area contributed by atoms with E-state index in [2.05, 4.69) is 22.2 Å². The molecular weight excluding hydrogens is 741 g/mol. The first kappa shape index (κ1) is 38.7. The largest absolute Gasteiger partial charge is 0.506 e. The maximum Gasteiger partial charge on any atom is 0.419 e. The summed E-state index contributed by atoms with van der Waals surface area (Å²) in [4.78, 5) is 44.1. The average Bonchev–Trinajstić information content (AvgIpc) is 3.97. The molecule has 1 fully saturated rings. The van der Waals surface area contributed by atoms with Crippen molar-refractivity contribution in [2.75, 3.05) is 20.1 Å². The Bertz CT molecular complexity index is 2310. The number of rotatable bonds is 15. The fraction of sp³-hybridized carbons (Fsp3) is 0.390. The lowest BCUT2D eigenvalue weighted by atomic mass is 9.91. The van der Waals surface area contributed by atoms with Crippen LogP contribution in [0, 0.1) is 0 Å². The molecule has 0 amide bonds. The van der Waals surface area contributed by atoms with Crippen LogP contribution in [0.2, 0.25) is 0 Å². The van der Waals surface area contributed by atoms with Gasteiger partial charge in [-0.15, -0.1) is 22.7 Å². The van der Waals surface area contributed by atoms with Gasteiger partial charge in [-0.3, -0.25) is 9.36 Å². The number of esters is 1. The van der Waals surface area contributed by atoms with Gasteiger partial charge in [-0.1, -0.05) is 24.3 Å². The molecule has 4 aromatic heterocycles. The fourth-order valence-corrected chi connectivity index (χ4v) is 9.35. The summed E-state index contributed by atoms with van der Waals surface area (Å²) in [6.07, 6.45) is 3.43. The number of aliphatic hydroxyl groups excluding tert-OH is 1. The molecule has 0 aliphatic heterocycles. The van der Waals surface area contributed by atoms with E-state index in [-0.39, 0.29) is 35.8 Å². The van der Waals surface area contributed by atoms with Gasteiger partial charge in [0.15, 0.2) is 5.58 Å². The van der Waals surface area contributed by atoms with Gasteiger partial charge in [0.25, 0.3) is 0 Å². The highest BCUT2D eigenvalue weighted by atomic mass is 32.1. The van der Waals surface area contributed by atoms with E-state index in [1.54, 1.807) is 28.8 Å². The number of nitrogens with zero attached hydrogens (tertiary/aromatic N) is 2. The number of aryl methyl sites for hydroxylation is 1. The summed E-state index contributed by atoms with van der Waals surface area (Å²) in [5.74, 6) is -1.07. The predicted molar refractivity (Wildman–Crippen MR) is 214 cm³/mol. The molecule has 1 saturated carbocycles. The van der Waals surface area contributed by atoms with Gasteiger partial charge >= 0.3 is 11.7 Å². The number of H-pyrrole nitrogens is 1. The van der Waals surface area contributed by atoms with Gasteiger partial charge in [0, 0.05) is 36.6 Å². The summed E-state index contributed by atoms with van der Waals surface area (Å²) in [6.45, 7) is 3.57. The highest BCUT2D eigenvalue weighted by molar-refractivity contribution is 7.12. The number of nitrogens with one attached hydrogen (secondary N) is 2. The first-order valence-electron chi connectivity index (χ1n) is 18.6. The summed E-state index contributed by atoms with van der Waals surface area (Å²) in [7, 11) is 2.09. The maximum absolute atomic E-state index is 13.4. The molecule has 14 heteroatoms. The quantitative estimate of drug-likeness (QED) is 0.0823. The number of phenols is 1. The summed E-state index contributed by atoms with van der Waals surface area (Å²) in [5.41, 5.74) is 1.02. The molecule has 1 unspecified atom stereocenters. The number of carbonyl (C=O) groups is 1. The van der Waals surface area contributed by atoms with Crippen LogP contribution in [0.15, 0.2) is 91.5 Å². The van der Waals surface area contributed by atoms with Crippen LogP contribution in [0.3, 0.4) is 0 Å². The molecule has 5 N–H and O–H groups in total. The van der Waals surface area contributed by atoms with Crippen molar-refractivity contribution in [3.05, 3.63) is 119 Å². The van der Waals surface area contributed by atoms with Gasteiger partial charge in [-0.2, -0.15) is 0 Å². The molecule has 1 aliphatic carbocycles. The van der Waals surface area contributed by atoms with Gasteiger partial charge in [-0.05, 0) is 117 Å². The number of fused-ring (bicyclic) bond motifs is 2. The molecule has 55 heavy (non-hydrogen) atoms. The second kappa shape index (κ2) is 16.7. The molecule has 6 aromatic rings. The van der Waals surface area contributed by atoms with Crippen molar-refractivity contribution >= 4 is 50.6 Å². The van der Waals surface area contributed by atoms with Crippen molar-refractivity contribution in [2.45, 2.75) is 81.9 Å². The molecule has 7 rings (SSSR count). The zero-order chi connectivity index (χ0) is 38.7. The van der Waals surface area contributed by atoms with E-state index < -0.39 is 17.7 Å². The number of aliphatic hydroxyl groups is 2. The van der Waals surface area contributed by atoms with Crippen LogP contribution >= 0.6 is 22.7 Å². The van der Waals surface area contributed by atoms with Crippen LogP contribution in [-0.4, -0.2) is 74.1 Å². The molecule has 4 heterocycles. The van der Waals surface area contributed by atoms with Gasteiger partial charge < -0.3 is 39.7 Å². The highest BCUT2D eigenvalue weighted by Crippen LogP contribution is 2.38.